The third-order valence-corrected chi connectivity index (χ3v) is 8.14. The molecule has 0 aromatic carbocycles. The van der Waals surface area contributed by atoms with E-state index < -0.39 is 15.6 Å². The number of methoxy groups -OCH3 is 1. The molecule has 1 heterocycles. The maximum atomic E-state index is 12.9. The van der Waals surface area contributed by atoms with Gasteiger partial charge in [-0.2, -0.15) is 12.6 Å². The van der Waals surface area contributed by atoms with Gasteiger partial charge in [0.2, 0.25) is 5.91 Å². The predicted octanol–water partition coefficient (Wildman–Crippen LogP) is 3.42. The lowest BCUT2D eigenvalue weighted by Crippen LogP contribution is -2.47. The Morgan fingerprint density at radius 1 is 0.574 bits per heavy atom. The molecule has 1 saturated heterocycles. The second kappa shape index (κ2) is 24.9. The van der Waals surface area contributed by atoms with E-state index in [1.807, 2.05) is 25.7 Å². The van der Waals surface area contributed by atoms with Gasteiger partial charge < -0.3 is 42.8 Å². The summed E-state index contributed by atoms with van der Waals surface area (Å²) in [5.41, 5.74) is -0.911. The Kier molecular flexibility index (Phi) is 23.2. The first-order valence-electron chi connectivity index (χ1n) is 16.9. The zero-order valence-electron chi connectivity index (χ0n) is 29.9. The Morgan fingerprint density at radius 3 is 1.26 bits per heavy atom. The lowest BCUT2D eigenvalue weighted by molar-refractivity contribution is -0.137. The molecule has 1 rings (SSSR count). The average Bonchev–Trinajstić information content (AvgIpc) is 3.00. The lowest BCUT2D eigenvalue weighted by Gasteiger charge is -2.43. The normalized spacial score (nSPS) is 15.3. The van der Waals surface area contributed by atoms with Crippen molar-refractivity contribution in [3.8, 4) is 0 Å². The zero-order chi connectivity index (χ0) is 35.0. The van der Waals surface area contributed by atoms with Gasteiger partial charge in [-0.25, -0.2) is 0 Å². The molecule has 0 N–H and O–H groups in total. The molecule has 1 amide bonds. The van der Waals surface area contributed by atoms with E-state index in [1.54, 1.807) is 21.0 Å². The van der Waals surface area contributed by atoms with Crippen molar-refractivity contribution in [3.05, 3.63) is 0 Å². The number of thiol groups is 1. The van der Waals surface area contributed by atoms with Crippen LogP contribution in [0.15, 0.2) is 0 Å². The van der Waals surface area contributed by atoms with E-state index in [2.05, 4.69) is 12.6 Å². The number of piperidine rings is 1. The highest BCUT2D eigenvalue weighted by atomic mass is 32.1. The molecule has 13 heteroatoms. The third kappa shape index (κ3) is 21.5. The first-order valence-corrected chi connectivity index (χ1v) is 17.4. The summed E-state index contributed by atoms with van der Waals surface area (Å²) in [5.74, 6) is 0.199. The molecule has 0 aromatic heterocycles. The summed E-state index contributed by atoms with van der Waals surface area (Å²) in [6, 6.07) is 0. The Hall–Kier alpha value is -1.16. The molecule has 0 saturated carbocycles. The van der Waals surface area contributed by atoms with E-state index in [-0.39, 0.29) is 23.9 Å². The second-order valence-corrected chi connectivity index (χ2v) is 14.5. The third-order valence-electron chi connectivity index (χ3n) is 7.89. The van der Waals surface area contributed by atoms with Gasteiger partial charge in [-0.1, -0.05) is 20.8 Å². The largest absolute Gasteiger partial charge is 0.382 e. The number of Topliss-reactive ketones (excluding diaryl/α,β-unsaturated/α-hetero) is 2. The highest BCUT2D eigenvalue weighted by molar-refractivity contribution is 7.82. The molecule has 0 aromatic rings. The predicted molar refractivity (Wildman–Crippen MR) is 182 cm³/mol. The van der Waals surface area contributed by atoms with E-state index in [0.29, 0.717) is 138 Å². The van der Waals surface area contributed by atoms with Crippen molar-refractivity contribution in [1.82, 2.24) is 4.90 Å². The summed E-state index contributed by atoms with van der Waals surface area (Å²) in [6.07, 6.45) is 2.17. The van der Waals surface area contributed by atoms with Crippen molar-refractivity contribution in [3.63, 3.8) is 0 Å². The topological polar surface area (TPSA) is 128 Å². The van der Waals surface area contributed by atoms with E-state index >= 15 is 0 Å². The van der Waals surface area contributed by atoms with Gasteiger partial charge in [0.05, 0.1) is 110 Å². The van der Waals surface area contributed by atoms with Crippen molar-refractivity contribution in [2.45, 2.75) is 71.5 Å². The smallest absolute Gasteiger partial charge is 0.224 e. The van der Waals surface area contributed by atoms with Crippen LogP contribution in [0.2, 0.25) is 0 Å². The molecule has 0 spiro atoms. The molecule has 1 fully saturated rings. The van der Waals surface area contributed by atoms with Crippen LogP contribution in [-0.2, 0) is 52.3 Å². The number of ether oxygens (including phenoxy) is 8. The van der Waals surface area contributed by atoms with Crippen LogP contribution < -0.4 is 0 Å². The first-order chi connectivity index (χ1) is 22.3. The summed E-state index contributed by atoms with van der Waals surface area (Å²) < 4.78 is 42.4. The molecular formula is C34H63NO11S. The van der Waals surface area contributed by atoms with E-state index in [9.17, 15) is 14.4 Å². The minimum absolute atomic E-state index is 0.0225. The van der Waals surface area contributed by atoms with Crippen LogP contribution in [0.3, 0.4) is 0 Å². The van der Waals surface area contributed by atoms with Crippen molar-refractivity contribution in [1.29, 1.82) is 0 Å². The molecule has 47 heavy (non-hydrogen) atoms. The Bertz CT molecular complexity index is 822. The zero-order valence-corrected chi connectivity index (χ0v) is 30.8. The van der Waals surface area contributed by atoms with Crippen LogP contribution in [0.4, 0.5) is 0 Å². The number of rotatable bonds is 29. The molecule has 0 bridgehead atoms. The maximum absolute atomic E-state index is 12.9. The quantitative estimate of drug-likeness (QED) is 0.0915. The minimum atomic E-state index is -0.762. The molecule has 1 aliphatic rings. The standard InChI is InChI=1S/C34H63NO11S/c1-32(2,3)29(36)27-34(28-30(37)33(4,5)47)8-10-35(11-9-34)31(38)7-12-40-15-16-42-19-20-44-23-24-46-26-25-45-22-21-43-18-17-41-14-13-39-6/h47H,7-28H2,1-6H3. The van der Waals surface area contributed by atoms with Gasteiger partial charge in [0.1, 0.15) is 11.6 Å². The van der Waals surface area contributed by atoms with Crippen LogP contribution in [0.1, 0.15) is 66.7 Å². The molecule has 276 valence electrons. The molecule has 0 radical (unpaired) electrons. The van der Waals surface area contributed by atoms with Gasteiger partial charge in [-0.3, -0.25) is 14.4 Å². The van der Waals surface area contributed by atoms with Crippen molar-refractivity contribution in [2.24, 2.45) is 10.8 Å². The summed E-state index contributed by atoms with van der Waals surface area (Å²) in [6.45, 7) is 17.6. The van der Waals surface area contributed by atoms with Gasteiger partial charge in [-0.15, -0.1) is 0 Å². The fourth-order valence-corrected chi connectivity index (χ4v) is 4.77. The number of ketones is 2. The van der Waals surface area contributed by atoms with E-state index in [1.165, 1.54) is 0 Å². The van der Waals surface area contributed by atoms with Gasteiger partial charge >= 0.3 is 0 Å². The number of likely N-dealkylation sites (tertiary alicyclic amines) is 1. The second-order valence-electron chi connectivity index (χ2n) is 13.4. The number of carbonyl (C=O) groups is 3. The lowest BCUT2D eigenvalue weighted by atomic mass is 9.67. The molecule has 1 aliphatic heterocycles. The highest BCUT2D eigenvalue weighted by Gasteiger charge is 2.42. The fourth-order valence-electron chi connectivity index (χ4n) is 4.69. The Morgan fingerprint density at radius 2 is 0.915 bits per heavy atom. The summed E-state index contributed by atoms with van der Waals surface area (Å²) >= 11 is 4.46. The number of hydrogen-bond donors (Lipinski definition) is 1. The van der Waals surface area contributed by atoms with Crippen LogP contribution in [0.25, 0.3) is 0 Å². The minimum Gasteiger partial charge on any atom is -0.382 e. The number of carbonyl (C=O) groups excluding carboxylic acids is 3. The molecule has 12 nitrogen and oxygen atoms in total. The van der Waals surface area contributed by atoms with E-state index in [0.717, 1.165) is 0 Å². The number of hydrogen-bond acceptors (Lipinski definition) is 12. The summed E-state index contributed by atoms with van der Waals surface area (Å²) in [7, 11) is 1.64. The SMILES string of the molecule is COCCOCCOCCOCCOCCOCCOCCOCCC(=O)N1CCC(CC(=O)C(C)(C)C)(CC(=O)C(C)(C)S)CC1. The van der Waals surface area contributed by atoms with Crippen LogP contribution in [0, 0.1) is 10.8 Å². The highest BCUT2D eigenvalue weighted by Crippen LogP contribution is 2.42. The molecule has 0 unspecified atom stereocenters. The van der Waals surface area contributed by atoms with Crippen molar-refractivity contribution in [2.75, 3.05) is 119 Å². The van der Waals surface area contributed by atoms with Gasteiger partial charge in [0, 0.05) is 38.5 Å². The van der Waals surface area contributed by atoms with E-state index in [4.69, 9.17) is 37.9 Å². The van der Waals surface area contributed by atoms with Gasteiger partial charge in [0.15, 0.2) is 0 Å². The van der Waals surface area contributed by atoms with Gasteiger partial charge in [0.25, 0.3) is 0 Å². The maximum Gasteiger partial charge on any atom is 0.224 e. The van der Waals surface area contributed by atoms with Crippen molar-refractivity contribution < 1.29 is 52.3 Å². The van der Waals surface area contributed by atoms with Crippen LogP contribution >= 0.6 is 12.6 Å². The van der Waals surface area contributed by atoms with Gasteiger partial charge in [-0.05, 0) is 32.1 Å². The number of amides is 1. The summed E-state index contributed by atoms with van der Waals surface area (Å²) in [4.78, 5) is 40.5. The first kappa shape index (κ1) is 43.9. The Labute approximate surface area is 288 Å². The summed E-state index contributed by atoms with van der Waals surface area (Å²) in [5, 5.41) is 0. The van der Waals surface area contributed by atoms with Crippen LogP contribution in [0.5, 0.6) is 0 Å². The number of nitrogens with zero attached hydrogens (tertiary/aromatic N) is 1. The van der Waals surface area contributed by atoms with Crippen LogP contribution in [-0.4, -0.2) is 146 Å². The monoisotopic (exact) mass is 693 g/mol. The molecule has 0 atom stereocenters. The molecule has 0 aliphatic carbocycles. The van der Waals surface area contributed by atoms with Crippen molar-refractivity contribution >= 4 is 30.1 Å². The molecular weight excluding hydrogens is 630 g/mol. The fraction of sp³-hybridized carbons (Fsp3) is 0.912. The average molecular weight is 694 g/mol. The Balaban J connectivity index is 2.04.